The van der Waals surface area contributed by atoms with E-state index in [9.17, 15) is 0 Å². The maximum Gasteiger partial charge on any atom is 0.170 e. The number of ether oxygens (including phenoxy) is 1. The van der Waals surface area contributed by atoms with E-state index >= 15 is 0 Å². The van der Waals surface area contributed by atoms with Gasteiger partial charge in [-0.3, -0.25) is 4.68 Å². The third kappa shape index (κ3) is 3.75. The molecule has 1 aromatic heterocycles. The summed E-state index contributed by atoms with van der Waals surface area (Å²) in [6.45, 7) is 4.63. The molecule has 2 rings (SSSR count). The van der Waals surface area contributed by atoms with Gasteiger partial charge in [0.2, 0.25) is 0 Å². The standard InChI is InChI=1S/C15H20N4O2/c1-3-11(2)19-8-7-13(17-19)10-21-14-6-4-5-12(9-14)15(16)18-20/h4-9,11,20H,3,10H2,1-2H3,(H2,16,18). The minimum atomic E-state index is 0.0569. The first-order valence-electron chi connectivity index (χ1n) is 6.88. The van der Waals surface area contributed by atoms with Gasteiger partial charge in [-0.2, -0.15) is 5.10 Å². The minimum absolute atomic E-state index is 0.0569. The second kappa shape index (κ2) is 6.78. The van der Waals surface area contributed by atoms with Gasteiger partial charge in [-0.1, -0.05) is 24.2 Å². The zero-order valence-electron chi connectivity index (χ0n) is 12.2. The van der Waals surface area contributed by atoms with E-state index in [1.165, 1.54) is 0 Å². The summed E-state index contributed by atoms with van der Waals surface area (Å²) < 4.78 is 7.62. The van der Waals surface area contributed by atoms with Crippen LogP contribution in [0.15, 0.2) is 41.7 Å². The van der Waals surface area contributed by atoms with E-state index in [-0.39, 0.29) is 5.84 Å². The molecule has 6 heteroatoms. The molecule has 0 saturated heterocycles. The largest absolute Gasteiger partial charge is 0.487 e. The average molecular weight is 288 g/mol. The molecule has 3 N–H and O–H groups in total. The van der Waals surface area contributed by atoms with Gasteiger partial charge in [0.25, 0.3) is 0 Å². The van der Waals surface area contributed by atoms with E-state index < -0.39 is 0 Å². The molecule has 0 spiro atoms. The van der Waals surface area contributed by atoms with Gasteiger partial charge in [-0.05, 0) is 31.5 Å². The van der Waals surface area contributed by atoms with Crippen molar-refractivity contribution < 1.29 is 9.94 Å². The van der Waals surface area contributed by atoms with E-state index in [0.29, 0.717) is 24.0 Å². The Hall–Kier alpha value is -2.50. The molecular weight excluding hydrogens is 268 g/mol. The summed E-state index contributed by atoms with van der Waals surface area (Å²) in [4.78, 5) is 0. The van der Waals surface area contributed by atoms with Crippen LogP contribution in [0.1, 0.15) is 37.6 Å². The van der Waals surface area contributed by atoms with Crippen molar-refractivity contribution in [3.05, 3.63) is 47.8 Å². The lowest BCUT2D eigenvalue weighted by molar-refractivity contribution is 0.298. The van der Waals surface area contributed by atoms with Gasteiger partial charge in [0.05, 0.1) is 5.69 Å². The van der Waals surface area contributed by atoms with E-state index in [2.05, 4.69) is 24.1 Å². The Labute approximate surface area is 123 Å². The molecule has 0 amide bonds. The Kier molecular flexibility index (Phi) is 4.81. The van der Waals surface area contributed by atoms with Gasteiger partial charge in [0, 0.05) is 17.8 Å². The molecule has 112 valence electrons. The van der Waals surface area contributed by atoms with Crippen LogP contribution in [0.2, 0.25) is 0 Å². The van der Waals surface area contributed by atoms with Crippen LogP contribution < -0.4 is 10.5 Å². The summed E-state index contributed by atoms with van der Waals surface area (Å²) in [6, 6.07) is 9.41. The Bertz CT molecular complexity index is 622. The summed E-state index contributed by atoms with van der Waals surface area (Å²) in [7, 11) is 0. The van der Waals surface area contributed by atoms with Crippen molar-refractivity contribution in [2.24, 2.45) is 10.9 Å². The number of hydrogen-bond acceptors (Lipinski definition) is 4. The monoisotopic (exact) mass is 288 g/mol. The quantitative estimate of drug-likeness (QED) is 0.370. The molecule has 0 radical (unpaired) electrons. The Morgan fingerprint density at radius 3 is 3.00 bits per heavy atom. The summed E-state index contributed by atoms with van der Waals surface area (Å²) >= 11 is 0. The molecule has 2 aromatic rings. The molecule has 1 atom stereocenters. The first-order valence-corrected chi connectivity index (χ1v) is 6.88. The van der Waals surface area contributed by atoms with Crippen molar-refractivity contribution in [1.82, 2.24) is 9.78 Å². The van der Waals surface area contributed by atoms with Crippen molar-refractivity contribution >= 4 is 5.84 Å². The highest BCUT2D eigenvalue weighted by atomic mass is 16.5. The fraction of sp³-hybridized carbons (Fsp3) is 0.333. The fourth-order valence-electron chi connectivity index (χ4n) is 1.85. The third-order valence-electron chi connectivity index (χ3n) is 3.33. The highest BCUT2D eigenvalue weighted by molar-refractivity contribution is 5.97. The van der Waals surface area contributed by atoms with Crippen LogP contribution in [-0.4, -0.2) is 20.8 Å². The van der Waals surface area contributed by atoms with Gasteiger partial charge < -0.3 is 15.7 Å². The van der Waals surface area contributed by atoms with Gasteiger partial charge in [0.1, 0.15) is 12.4 Å². The van der Waals surface area contributed by atoms with E-state index in [4.69, 9.17) is 15.7 Å². The van der Waals surface area contributed by atoms with Gasteiger partial charge in [-0.25, -0.2) is 0 Å². The van der Waals surface area contributed by atoms with Crippen molar-refractivity contribution in [3.8, 4) is 5.75 Å². The zero-order chi connectivity index (χ0) is 15.2. The van der Waals surface area contributed by atoms with Crippen LogP contribution in [0, 0.1) is 0 Å². The summed E-state index contributed by atoms with van der Waals surface area (Å²) in [6.07, 6.45) is 2.99. The van der Waals surface area contributed by atoms with Crippen molar-refractivity contribution in [3.63, 3.8) is 0 Å². The number of amidine groups is 1. The normalized spacial score (nSPS) is 13.1. The molecule has 0 bridgehead atoms. The van der Waals surface area contributed by atoms with Crippen molar-refractivity contribution in [2.75, 3.05) is 0 Å². The van der Waals surface area contributed by atoms with Crippen LogP contribution in [-0.2, 0) is 6.61 Å². The smallest absolute Gasteiger partial charge is 0.170 e. The number of nitrogens with zero attached hydrogens (tertiary/aromatic N) is 3. The predicted molar refractivity (Wildman–Crippen MR) is 80.5 cm³/mol. The second-order valence-corrected chi connectivity index (χ2v) is 4.85. The number of oxime groups is 1. The first kappa shape index (κ1) is 14.9. The van der Waals surface area contributed by atoms with Crippen LogP contribution in [0.3, 0.4) is 0 Å². The Morgan fingerprint density at radius 1 is 1.48 bits per heavy atom. The van der Waals surface area contributed by atoms with Gasteiger partial charge >= 0.3 is 0 Å². The van der Waals surface area contributed by atoms with E-state index in [0.717, 1.165) is 12.1 Å². The molecule has 1 unspecified atom stereocenters. The summed E-state index contributed by atoms with van der Waals surface area (Å²) in [5.74, 6) is 0.707. The number of hydrogen-bond donors (Lipinski definition) is 2. The molecule has 0 aliphatic rings. The van der Waals surface area contributed by atoms with Crippen molar-refractivity contribution in [1.29, 1.82) is 0 Å². The molecule has 0 aliphatic carbocycles. The molecule has 1 heterocycles. The average Bonchev–Trinajstić information content (AvgIpc) is 3.00. The van der Waals surface area contributed by atoms with E-state index in [1.54, 1.807) is 18.2 Å². The highest BCUT2D eigenvalue weighted by Gasteiger charge is 2.06. The molecule has 6 nitrogen and oxygen atoms in total. The molecule has 1 aromatic carbocycles. The van der Waals surface area contributed by atoms with Crippen LogP contribution in [0.4, 0.5) is 0 Å². The fourth-order valence-corrected chi connectivity index (χ4v) is 1.85. The first-order chi connectivity index (χ1) is 10.1. The number of aromatic nitrogens is 2. The molecule has 0 aliphatic heterocycles. The summed E-state index contributed by atoms with van der Waals surface area (Å²) in [5.41, 5.74) is 7.03. The topological polar surface area (TPSA) is 85.7 Å². The molecular formula is C15H20N4O2. The predicted octanol–water partition coefficient (Wildman–Crippen LogP) is 2.53. The Morgan fingerprint density at radius 2 is 2.29 bits per heavy atom. The van der Waals surface area contributed by atoms with Gasteiger partial charge in [-0.15, -0.1) is 0 Å². The maximum absolute atomic E-state index is 8.67. The van der Waals surface area contributed by atoms with Crippen LogP contribution in [0.5, 0.6) is 5.75 Å². The number of nitrogens with two attached hydrogens (primary N) is 1. The number of rotatable bonds is 6. The zero-order valence-corrected chi connectivity index (χ0v) is 12.2. The van der Waals surface area contributed by atoms with Crippen LogP contribution >= 0.6 is 0 Å². The summed E-state index contributed by atoms with van der Waals surface area (Å²) in [5, 5.41) is 16.1. The Balaban J connectivity index is 2.01. The lowest BCUT2D eigenvalue weighted by atomic mass is 10.2. The maximum atomic E-state index is 8.67. The van der Waals surface area contributed by atoms with E-state index in [1.807, 2.05) is 23.0 Å². The SMILES string of the molecule is CCC(C)n1ccc(COc2cccc(C(N)=NO)c2)n1. The lowest BCUT2D eigenvalue weighted by Crippen LogP contribution is -2.13. The van der Waals surface area contributed by atoms with Crippen molar-refractivity contribution in [2.45, 2.75) is 32.9 Å². The molecule has 0 fully saturated rings. The van der Waals surface area contributed by atoms with Crippen LogP contribution in [0.25, 0.3) is 0 Å². The third-order valence-corrected chi connectivity index (χ3v) is 3.33. The lowest BCUT2D eigenvalue weighted by Gasteiger charge is -2.09. The highest BCUT2D eigenvalue weighted by Crippen LogP contribution is 2.15. The minimum Gasteiger partial charge on any atom is -0.487 e. The molecule has 21 heavy (non-hydrogen) atoms. The molecule has 0 saturated carbocycles. The van der Waals surface area contributed by atoms with Gasteiger partial charge in [0.15, 0.2) is 5.84 Å². The second-order valence-electron chi connectivity index (χ2n) is 4.85. The number of benzene rings is 1.